The van der Waals surface area contributed by atoms with Crippen molar-refractivity contribution < 1.29 is 4.79 Å². The van der Waals surface area contributed by atoms with Crippen LogP contribution in [0, 0.1) is 0 Å². The van der Waals surface area contributed by atoms with E-state index in [1.165, 1.54) is 22.5 Å². The number of thiophene rings is 1. The van der Waals surface area contributed by atoms with Crippen molar-refractivity contribution in [3.8, 4) is 10.6 Å². The van der Waals surface area contributed by atoms with Crippen molar-refractivity contribution in [1.29, 1.82) is 0 Å². The molecular formula is C25H24N2OS. The summed E-state index contributed by atoms with van der Waals surface area (Å²) in [6, 6.07) is 14.6. The predicted octanol–water partition coefficient (Wildman–Crippen LogP) is 6.88. The Morgan fingerprint density at radius 3 is 2.48 bits per heavy atom. The Morgan fingerprint density at radius 2 is 1.83 bits per heavy atom. The van der Waals surface area contributed by atoms with Crippen molar-refractivity contribution in [2.45, 2.75) is 33.1 Å². The molecule has 2 heterocycles. The smallest absolute Gasteiger partial charge is 0.160 e. The van der Waals surface area contributed by atoms with Gasteiger partial charge in [0, 0.05) is 16.8 Å². The Kier molecular flexibility index (Phi) is 4.97. The second kappa shape index (κ2) is 7.45. The highest BCUT2D eigenvalue weighted by Gasteiger charge is 2.39. The molecule has 1 aromatic carbocycles. The first-order valence-electron chi connectivity index (χ1n) is 9.75. The Bertz CT molecular complexity index is 1120. The van der Waals surface area contributed by atoms with Crippen LogP contribution in [0.2, 0.25) is 0 Å². The summed E-state index contributed by atoms with van der Waals surface area (Å²) in [5.74, 6) is 0. The molecule has 0 fully saturated rings. The monoisotopic (exact) mass is 400 g/mol. The lowest BCUT2D eigenvalue weighted by Gasteiger charge is -2.28. The fraction of sp³-hybridized carbons (Fsp3) is 0.200. The molecule has 1 aliphatic carbocycles. The molecule has 0 radical (unpaired) electrons. The summed E-state index contributed by atoms with van der Waals surface area (Å²) in [6.07, 6.45) is 9.13. The molecule has 0 saturated heterocycles. The van der Waals surface area contributed by atoms with Crippen LogP contribution < -0.4 is 4.90 Å². The van der Waals surface area contributed by atoms with Crippen LogP contribution in [0.3, 0.4) is 0 Å². The van der Waals surface area contributed by atoms with Crippen molar-refractivity contribution in [1.82, 2.24) is 4.98 Å². The van der Waals surface area contributed by atoms with E-state index >= 15 is 0 Å². The van der Waals surface area contributed by atoms with Crippen LogP contribution in [0.25, 0.3) is 10.6 Å². The Hall–Kier alpha value is -2.98. The van der Waals surface area contributed by atoms with Crippen LogP contribution in [-0.4, -0.2) is 11.3 Å². The molecule has 0 atom stereocenters. The summed E-state index contributed by atoms with van der Waals surface area (Å²) in [6.45, 7) is 8.49. The van der Waals surface area contributed by atoms with E-state index in [9.17, 15) is 4.79 Å². The average Bonchev–Trinajstić information content (AvgIpc) is 3.26. The largest absolute Gasteiger partial charge is 0.309 e. The number of carbonyl (C=O) groups excluding carboxylic acids is 1. The van der Waals surface area contributed by atoms with Gasteiger partial charge in [-0.3, -0.25) is 9.78 Å². The standard InChI is InChI=1S/C25H24N2OS/c1-5-10-17(6-2)27(18-11-8-7-9-12-18)19-13-21-23(26-15-19)24-22(25(21,3)4)14-20(16-28)29-24/h5-16H,1-4H3/b10-5-,17-6+. The zero-order valence-electron chi connectivity index (χ0n) is 17.1. The molecule has 0 spiro atoms. The summed E-state index contributed by atoms with van der Waals surface area (Å²) in [5.41, 5.74) is 6.40. The third-order valence-electron chi connectivity index (χ3n) is 5.47. The fourth-order valence-corrected chi connectivity index (χ4v) is 5.13. The molecule has 2 aromatic heterocycles. The minimum absolute atomic E-state index is 0.190. The Labute approximate surface area is 176 Å². The van der Waals surface area contributed by atoms with Crippen molar-refractivity contribution in [2.24, 2.45) is 0 Å². The van der Waals surface area contributed by atoms with Crippen LogP contribution in [0.5, 0.6) is 0 Å². The number of hydrogen-bond acceptors (Lipinski definition) is 4. The molecular weight excluding hydrogens is 376 g/mol. The minimum Gasteiger partial charge on any atom is -0.309 e. The highest BCUT2D eigenvalue weighted by Crippen LogP contribution is 2.52. The SMILES string of the molecule is C/C=C\C(=C/C)N(c1ccccc1)c1cnc2c(c1)C(C)(C)c1cc(C=O)sc1-2. The van der Waals surface area contributed by atoms with Gasteiger partial charge < -0.3 is 4.90 Å². The molecule has 0 bridgehead atoms. The Morgan fingerprint density at radius 1 is 1.07 bits per heavy atom. The van der Waals surface area contributed by atoms with Gasteiger partial charge in [-0.2, -0.15) is 0 Å². The number of benzene rings is 1. The van der Waals surface area contributed by atoms with Gasteiger partial charge in [-0.15, -0.1) is 11.3 Å². The number of allylic oxidation sites excluding steroid dienone is 3. The Balaban J connectivity index is 1.89. The number of aromatic nitrogens is 1. The molecule has 3 nitrogen and oxygen atoms in total. The molecule has 0 N–H and O–H groups in total. The van der Waals surface area contributed by atoms with E-state index in [2.05, 4.69) is 74.2 Å². The quantitative estimate of drug-likeness (QED) is 0.346. The number of hydrogen-bond donors (Lipinski definition) is 0. The first kappa shape index (κ1) is 19.3. The third-order valence-corrected chi connectivity index (χ3v) is 6.53. The first-order chi connectivity index (χ1) is 14.0. The van der Waals surface area contributed by atoms with Crippen LogP contribution in [-0.2, 0) is 5.41 Å². The van der Waals surface area contributed by atoms with Gasteiger partial charge in [0.1, 0.15) is 0 Å². The first-order valence-corrected chi connectivity index (χ1v) is 10.6. The number of fused-ring (bicyclic) bond motifs is 3. The maximum Gasteiger partial charge on any atom is 0.160 e. The van der Waals surface area contributed by atoms with E-state index in [1.807, 2.05) is 25.3 Å². The van der Waals surface area contributed by atoms with Gasteiger partial charge in [-0.1, -0.05) is 44.2 Å². The van der Waals surface area contributed by atoms with Crippen molar-refractivity contribution in [3.05, 3.63) is 88.6 Å². The minimum atomic E-state index is -0.190. The number of para-hydroxylation sites is 1. The van der Waals surface area contributed by atoms with E-state index in [4.69, 9.17) is 4.98 Å². The normalized spacial score (nSPS) is 14.7. The summed E-state index contributed by atoms with van der Waals surface area (Å²) in [7, 11) is 0. The second-order valence-corrected chi connectivity index (χ2v) is 8.69. The second-order valence-electron chi connectivity index (χ2n) is 7.61. The number of carbonyl (C=O) groups is 1. The topological polar surface area (TPSA) is 33.2 Å². The lowest BCUT2D eigenvalue weighted by Crippen LogP contribution is -2.18. The predicted molar refractivity (Wildman–Crippen MR) is 122 cm³/mol. The van der Waals surface area contributed by atoms with Crippen molar-refractivity contribution in [3.63, 3.8) is 0 Å². The molecule has 0 amide bonds. The third kappa shape index (κ3) is 3.14. The zero-order chi connectivity index (χ0) is 20.6. The van der Waals surface area contributed by atoms with Crippen molar-refractivity contribution in [2.75, 3.05) is 4.90 Å². The zero-order valence-corrected chi connectivity index (χ0v) is 18.0. The summed E-state index contributed by atoms with van der Waals surface area (Å²) < 4.78 is 0. The highest BCUT2D eigenvalue weighted by molar-refractivity contribution is 7.17. The number of rotatable bonds is 5. The lowest BCUT2D eigenvalue weighted by atomic mass is 9.83. The maximum atomic E-state index is 11.3. The molecule has 29 heavy (non-hydrogen) atoms. The van der Waals surface area contributed by atoms with Crippen LogP contribution in [0.4, 0.5) is 11.4 Å². The number of nitrogens with zero attached hydrogens (tertiary/aromatic N) is 2. The van der Waals surface area contributed by atoms with Gasteiger partial charge in [-0.25, -0.2) is 0 Å². The maximum absolute atomic E-state index is 11.3. The molecule has 1 aliphatic rings. The van der Waals surface area contributed by atoms with Crippen LogP contribution >= 0.6 is 11.3 Å². The number of anilines is 2. The van der Waals surface area contributed by atoms with Gasteiger partial charge in [0.15, 0.2) is 6.29 Å². The van der Waals surface area contributed by atoms with E-state index in [0.717, 1.165) is 38.8 Å². The van der Waals surface area contributed by atoms with Gasteiger partial charge in [0.05, 0.1) is 27.3 Å². The molecule has 0 unspecified atom stereocenters. The molecule has 4 rings (SSSR count). The van der Waals surface area contributed by atoms with Crippen molar-refractivity contribution >= 4 is 29.0 Å². The molecule has 0 saturated carbocycles. The lowest BCUT2D eigenvalue weighted by molar-refractivity contribution is 0.112. The van der Waals surface area contributed by atoms with E-state index < -0.39 is 0 Å². The molecule has 146 valence electrons. The van der Waals surface area contributed by atoms with E-state index in [0.29, 0.717) is 0 Å². The molecule has 0 aliphatic heterocycles. The molecule has 4 heteroatoms. The van der Waals surface area contributed by atoms with E-state index in [1.54, 1.807) is 0 Å². The summed E-state index contributed by atoms with van der Waals surface area (Å²) in [5, 5.41) is 0. The van der Waals surface area contributed by atoms with Crippen LogP contribution in [0.15, 0.2) is 72.6 Å². The van der Waals surface area contributed by atoms with Gasteiger partial charge >= 0.3 is 0 Å². The highest BCUT2D eigenvalue weighted by atomic mass is 32.1. The van der Waals surface area contributed by atoms with Gasteiger partial charge in [-0.05, 0) is 55.3 Å². The molecule has 3 aromatic rings. The van der Waals surface area contributed by atoms with E-state index in [-0.39, 0.29) is 5.41 Å². The number of pyridine rings is 1. The van der Waals surface area contributed by atoms with Gasteiger partial charge in [0.2, 0.25) is 0 Å². The summed E-state index contributed by atoms with van der Waals surface area (Å²) >= 11 is 1.53. The summed E-state index contributed by atoms with van der Waals surface area (Å²) in [4.78, 5) is 20.2. The fourth-order valence-electron chi connectivity index (χ4n) is 3.98. The number of aldehydes is 1. The average molecular weight is 401 g/mol. The van der Waals surface area contributed by atoms with Crippen LogP contribution in [0.1, 0.15) is 48.5 Å². The van der Waals surface area contributed by atoms with Gasteiger partial charge in [0.25, 0.3) is 0 Å².